The van der Waals surface area contributed by atoms with E-state index in [-0.39, 0.29) is 0 Å². The quantitative estimate of drug-likeness (QED) is 0.161. The first-order valence-corrected chi connectivity index (χ1v) is 22.2. The number of fused-ring (bicyclic) bond motifs is 7. The minimum Gasteiger partial charge on any atom is -0.399 e. The smallest absolute Gasteiger partial charge is 0.399 e. The Bertz CT molecular complexity index is 3590. The molecule has 3 heteroatoms. The van der Waals surface area contributed by atoms with Crippen LogP contribution in [0.15, 0.2) is 188 Å². The summed E-state index contributed by atoms with van der Waals surface area (Å²) in [6, 6.07) is 70.0. The van der Waals surface area contributed by atoms with Crippen molar-refractivity contribution in [2.45, 2.75) is 38.9 Å². The Labute approximate surface area is 367 Å². The van der Waals surface area contributed by atoms with Gasteiger partial charge in [-0.05, 0) is 165 Å². The molecule has 0 aliphatic carbocycles. The van der Waals surface area contributed by atoms with Crippen LogP contribution in [-0.2, 0) is 9.31 Å². The third-order valence-corrected chi connectivity index (χ3v) is 14.6. The normalized spacial score (nSPS) is 15.1. The predicted molar refractivity (Wildman–Crippen MR) is 269 cm³/mol. The molecule has 12 aromatic rings. The standard InChI is InChI=1S/C60H43BO2/c1-59(2)60(3,4)63-61(62-59)52-33-32-47-54-45(52)30-17-31-46(54)57-55(41-26-13-11-24-39(41)36-18-7-5-8-19-36)50-34-48-43-28-15-22-38-23-16-29-44(53(38)43)49(48)35-51(50)56(58(47)57)42-27-14-12-25-40(42)37-20-9-6-10-21-37/h5-35H,1-4H3. The van der Waals surface area contributed by atoms with E-state index in [9.17, 15) is 0 Å². The molecule has 0 N–H and O–H groups in total. The van der Waals surface area contributed by atoms with E-state index in [4.69, 9.17) is 9.31 Å². The molecule has 298 valence electrons. The second-order valence-corrected chi connectivity index (χ2v) is 18.5. The first-order valence-electron chi connectivity index (χ1n) is 22.2. The number of hydrogen-bond donors (Lipinski definition) is 0. The van der Waals surface area contributed by atoms with Crippen LogP contribution in [0.4, 0.5) is 0 Å². The van der Waals surface area contributed by atoms with Crippen molar-refractivity contribution in [3.63, 3.8) is 0 Å². The van der Waals surface area contributed by atoms with Crippen LogP contribution in [0.1, 0.15) is 27.7 Å². The van der Waals surface area contributed by atoms with E-state index in [0.29, 0.717) is 0 Å². The van der Waals surface area contributed by atoms with Crippen LogP contribution in [0.3, 0.4) is 0 Å². The van der Waals surface area contributed by atoms with Gasteiger partial charge in [0, 0.05) is 0 Å². The van der Waals surface area contributed by atoms with Crippen LogP contribution in [0.25, 0.3) is 120 Å². The van der Waals surface area contributed by atoms with Gasteiger partial charge in [-0.2, -0.15) is 0 Å². The van der Waals surface area contributed by atoms with E-state index in [0.717, 1.165) is 10.8 Å². The Morgan fingerprint density at radius 2 is 0.746 bits per heavy atom. The molecule has 0 aromatic heterocycles. The Morgan fingerprint density at radius 3 is 1.27 bits per heavy atom. The zero-order valence-corrected chi connectivity index (χ0v) is 35.8. The lowest BCUT2D eigenvalue weighted by Gasteiger charge is -2.32. The minimum absolute atomic E-state index is 0.465. The lowest BCUT2D eigenvalue weighted by Crippen LogP contribution is -2.41. The molecule has 0 amide bonds. The van der Waals surface area contributed by atoms with E-state index in [1.807, 2.05) is 0 Å². The minimum atomic E-state index is -0.496. The van der Waals surface area contributed by atoms with Gasteiger partial charge in [0.2, 0.25) is 0 Å². The van der Waals surface area contributed by atoms with E-state index in [2.05, 4.69) is 216 Å². The summed E-state index contributed by atoms with van der Waals surface area (Å²) in [7, 11) is -0.496. The van der Waals surface area contributed by atoms with E-state index >= 15 is 0 Å². The Hall–Kier alpha value is -7.04. The molecule has 0 saturated carbocycles. The van der Waals surface area contributed by atoms with Crippen LogP contribution in [-0.4, -0.2) is 18.3 Å². The van der Waals surface area contributed by atoms with Crippen LogP contribution in [0.2, 0.25) is 0 Å². The monoisotopic (exact) mass is 806 g/mol. The fourth-order valence-corrected chi connectivity index (χ4v) is 11.0. The van der Waals surface area contributed by atoms with Crippen LogP contribution >= 0.6 is 0 Å². The van der Waals surface area contributed by atoms with Crippen molar-refractivity contribution in [3.05, 3.63) is 188 Å². The second-order valence-electron chi connectivity index (χ2n) is 18.5. The van der Waals surface area contributed by atoms with Crippen molar-refractivity contribution in [2.75, 3.05) is 0 Å². The summed E-state index contributed by atoms with van der Waals surface area (Å²) < 4.78 is 13.6. The van der Waals surface area contributed by atoms with Gasteiger partial charge in [0.15, 0.2) is 0 Å². The van der Waals surface area contributed by atoms with Crippen LogP contribution in [0.5, 0.6) is 0 Å². The highest BCUT2D eigenvalue weighted by Gasteiger charge is 2.52. The third kappa shape index (κ3) is 5.15. The van der Waals surface area contributed by atoms with Gasteiger partial charge in [0.05, 0.1) is 11.2 Å². The third-order valence-electron chi connectivity index (χ3n) is 14.6. The maximum absolute atomic E-state index is 6.79. The molecule has 1 fully saturated rings. The predicted octanol–water partition coefficient (Wildman–Crippen LogP) is 15.6. The second kappa shape index (κ2) is 13.2. The molecular weight excluding hydrogens is 763 g/mol. The largest absolute Gasteiger partial charge is 0.495 e. The Balaban J connectivity index is 1.28. The molecule has 0 unspecified atom stereocenters. The van der Waals surface area contributed by atoms with Crippen molar-refractivity contribution < 1.29 is 9.31 Å². The van der Waals surface area contributed by atoms with Gasteiger partial charge < -0.3 is 9.31 Å². The summed E-state index contributed by atoms with van der Waals surface area (Å²) in [5, 5.41) is 17.7. The fourth-order valence-electron chi connectivity index (χ4n) is 11.0. The maximum atomic E-state index is 6.79. The lowest BCUT2D eigenvalue weighted by atomic mass is 9.75. The molecule has 1 saturated heterocycles. The zero-order chi connectivity index (χ0) is 42.2. The molecule has 12 aromatic carbocycles. The van der Waals surface area contributed by atoms with Gasteiger partial charge in [-0.3, -0.25) is 0 Å². The van der Waals surface area contributed by atoms with Crippen LogP contribution < -0.4 is 5.46 Å². The summed E-state index contributed by atoms with van der Waals surface area (Å²) in [4.78, 5) is 0. The molecule has 0 bridgehead atoms. The lowest BCUT2D eigenvalue weighted by molar-refractivity contribution is 0.00578. The van der Waals surface area contributed by atoms with Gasteiger partial charge in [-0.15, -0.1) is 0 Å². The molecule has 1 heterocycles. The summed E-state index contributed by atoms with van der Waals surface area (Å²) in [6.07, 6.45) is 0. The molecule has 63 heavy (non-hydrogen) atoms. The Kier molecular flexibility index (Phi) is 7.69. The molecular formula is C60H43BO2. The SMILES string of the molecule is CC1(C)OB(c2ccc3c4c(-c5ccccc5-c5ccccc5)c5cc6c(cc5c(-c5ccccc5-c5ccccc5)c4c4cccc2c43)c2cccc3cccc6c32)OC1(C)C. The summed E-state index contributed by atoms with van der Waals surface area (Å²) in [5.74, 6) is 0. The van der Waals surface area contributed by atoms with E-state index in [1.165, 1.54) is 115 Å². The molecule has 1 aliphatic heterocycles. The number of hydrogen-bond acceptors (Lipinski definition) is 2. The van der Waals surface area contributed by atoms with Crippen molar-refractivity contribution in [1.29, 1.82) is 0 Å². The van der Waals surface area contributed by atoms with Crippen molar-refractivity contribution >= 4 is 88.0 Å². The molecule has 13 rings (SSSR count). The molecule has 0 atom stereocenters. The van der Waals surface area contributed by atoms with Crippen molar-refractivity contribution in [1.82, 2.24) is 0 Å². The molecule has 1 aliphatic rings. The van der Waals surface area contributed by atoms with Gasteiger partial charge >= 0.3 is 7.12 Å². The molecule has 0 spiro atoms. The highest BCUT2D eigenvalue weighted by atomic mass is 16.7. The van der Waals surface area contributed by atoms with Crippen molar-refractivity contribution in [2.24, 2.45) is 0 Å². The summed E-state index contributed by atoms with van der Waals surface area (Å²) >= 11 is 0. The van der Waals surface area contributed by atoms with Crippen molar-refractivity contribution in [3.8, 4) is 44.5 Å². The van der Waals surface area contributed by atoms with E-state index in [1.54, 1.807) is 0 Å². The number of rotatable bonds is 5. The summed E-state index contributed by atoms with van der Waals surface area (Å²) in [5.41, 5.74) is 9.91. The summed E-state index contributed by atoms with van der Waals surface area (Å²) in [6.45, 7) is 8.55. The van der Waals surface area contributed by atoms with E-state index < -0.39 is 18.3 Å². The number of benzene rings is 10. The fraction of sp³-hybridized carbons (Fsp3) is 0.100. The zero-order valence-electron chi connectivity index (χ0n) is 35.8. The Morgan fingerprint density at radius 1 is 0.317 bits per heavy atom. The van der Waals surface area contributed by atoms with Gasteiger partial charge in [-0.1, -0.05) is 176 Å². The highest BCUT2D eigenvalue weighted by Crippen LogP contribution is 2.55. The highest BCUT2D eigenvalue weighted by molar-refractivity contribution is 6.66. The van der Waals surface area contributed by atoms with Crippen LogP contribution in [0, 0.1) is 0 Å². The average molecular weight is 807 g/mol. The average Bonchev–Trinajstić information content (AvgIpc) is 3.89. The topological polar surface area (TPSA) is 18.5 Å². The molecule has 2 nitrogen and oxygen atoms in total. The molecule has 0 radical (unpaired) electrons. The van der Waals surface area contributed by atoms with Gasteiger partial charge in [0.25, 0.3) is 0 Å². The maximum Gasteiger partial charge on any atom is 0.495 e. The van der Waals surface area contributed by atoms with Gasteiger partial charge in [0.1, 0.15) is 0 Å². The first kappa shape index (κ1) is 36.6. The first-order chi connectivity index (χ1) is 30.8. The van der Waals surface area contributed by atoms with Gasteiger partial charge in [-0.25, -0.2) is 0 Å².